The van der Waals surface area contributed by atoms with Crippen molar-refractivity contribution >= 4 is 10.1 Å². The predicted molar refractivity (Wildman–Crippen MR) is 136 cm³/mol. The van der Waals surface area contributed by atoms with Gasteiger partial charge in [0.25, 0.3) is 0 Å². The predicted octanol–water partition coefficient (Wildman–Crippen LogP) is 5.09. The monoisotopic (exact) mass is 676 g/mol. The van der Waals surface area contributed by atoms with Gasteiger partial charge in [-0.1, -0.05) is 92.0 Å². The fourth-order valence-electron chi connectivity index (χ4n) is 3.26. The third-order valence-corrected chi connectivity index (χ3v) is 9.38. The first kappa shape index (κ1) is 34.8. The third-order valence-electron chi connectivity index (χ3n) is 5.80. The largest absolute Gasteiger partial charge is 0.743 e. The van der Waals surface area contributed by atoms with E-state index in [1.54, 1.807) is 6.92 Å². The van der Waals surface area contributed by atoms with Crippen LogP contribution in [-0.2, 0) is 20.9 Å². The Hall–Kier alpha value is -1.27. The number of alkyl halides is 5. The number of unbranched alkanes of at least 4 members (excludes halogenated alkanes) is 2. The molecule has 0 aliphatic carbocycles. The molecule has 0 bridgehead atoms. The van der Waals surface area contributed by atoms with Crippen LogP contribution in [0.3, 0.4) is 0 Å². The summed E-state index contributed by atoms with van der Waals surface area (Å²) >= 11 is -0.0703. The summed E-state index contributed by atoms with van der Waals surface area (Å²) in [4.78, 5) is 0. The lowest BCUT2D eigenvalue weighted by molar-refractivity contribution is -0.597. The standard InChI is InChI=1S/C20H26I.C8H13F5O3S/c1-19(2,3)15-7-11-17(12-8-15)21-18-13-9-16(10-14-18)20(4,5)6;1-2-3-4-5-6(9)7(10,11)8(12,13)17(14,15)16/h7-14H,1-6H3;6H,2-5H2,1H3,(H,14,15,16)/q+1;/p-1. The Morgan fingerprint density at radius 2 is 1.13 bits per heavy atom. The average Bonchev–Trinajstić information content (AvgIpc) is 2.78. The molecule has 0 aliphatic rings. The number of rotatable bonds is 9. The van der Waals surface area contributed by atoms with Crippen LogP contribution in [0.5, 0.6) is 0 Å². The molecule has 10 heteroatoms. The summed E-state index contributed by atoms with van der Waals surface area (Å²) in [5.41, 5.74) is 3.31. The van der Waals surface area contributed by atoms with E-state index < -0.39 is 33.9 Å². The van der Waals surface area contributed by atoms with Crippen molar-refractivity contribution in [2.45, 2.75) is 102 Å². The van der Waals surface area contributed by atoms with Crippen LogP contribution in [0.4, 0.5) is 22.0 Å². The van der Waals surface area contributed by atoms with Gasteiger partial charge in [-0.25, -0.2) is 12.8 Å². The van der Waals surface area contributed by atoms with E-state index in [0.29, 0.717) is 12.8 Å². The maximum Gasteiger partial charge on any atom is 0.399 e. The molecular formula is C28H38F5IO3S. The summed E-state index contributed by atoms with van der Waals surface area (Å²) in [5.74, 6) is -5.51. The summed E-state index contributed by atoms with van der Waals surface area (Å²) in [6, 6.07) is 18.4. The van der Waals surface area contributed by atoms with Gasteiger partial charge < -0.3 is 4.55 Å². The Morgan fingerprint density at radius 1 is 0.763 bits per heavy atom. The van der Waals surface area contributed by atoms with Gasteiger partial charge in [0.05, 0.1) is 0 Å². The fourth-order valence-corrected chi connectivity index (χ4v) is 5.87. The van der Waals surface area contributed by atoms with Gasteiger partial charge in [-0.15, -0.1) is 0 Å². The van der Waals surface area contributed by atoms with Gasteiger partial charge >= 0.3 is 32.4 Å². The first-order valence-corrected chi connectivity index (χ1v) is 15.9. The van der Waals surface area contributed by atoms with Crippen LogP contribution in [-0.4, -0.2) is 30.3 Å². The fraction of sp³-hybridized carbons (Fsp3) is 0.571. The van der Waals surface area contributed by atoms with Crippen LogP contribution >= 0.6 is 0 Å². The Labute approximate surface area is 234 Å². The zero-order valence-corrected chi connectivity index (χ0v) is 25.9. The summed E-state index contributed by atoms with van der Waals surface area (Å²) < 4.78 is 96.6. The van der Waals surface area contributed by atoms with E-state index in [2.05, 4.69) is 90.1 Å². The number of hydrogen-bond acceptors (Lipinski definition) is 3. The number of hydrogen-bond donors (Lipinski definition) is 0. The van der Waals surface area contributed by atoms with E-state index in [0.717, 1.165) is 0 Å². The van der Waals surface area contributed by atoms with Gasteiger partial charge in [0.1, 0.15) is 0 Å². The Morgan fingerprint density at radius 3 is 1.42 bits per heavy atom. The molecule has 2 aromatic rings. The minimum atomic E-state index is -6.61. The average molecular weight is 677 g/mol. The molecule has 0 saturated heterocycles. The van der Waals surface area contributed by atoms with Crippen LogP contribution in [0.2, 0.25) is 0 Å². The molecule has 3 nitrogen and oxygen atoms in total. The van der Waals surface area contributed by atoms with E-state index in [-0.39, 0.29) is 38.5 Å². The molecule has 1 atom stereocenters. The minimum absolute atomic E-state index is 0.0703. The molecule has 0 aromatic heterocycles. The lowest BCUT2D eigenvalue weighted by atomic mass is 9.87. The van der Waals surface area contributed by atoms with Crippen LogP contribution < -0.4 is 21.2 Å². The third kappa shape index (κ3) is 9.73. The van der Waals surface area contributed by atoms with Crippen molar-refractivity contribution in [3.63, 3.8) is 0 Å². The summed E-state index contributed by atoms with van der Waals surface area (Å²) in [5, 5.41) is -5.94. The van der Waals surface area contributed by atoms with E-state index in [9.17, 15) is 34.9 Å². The molecule has 0 heterocycles. The molecule has 2 rings (SSSR count). The zero-order valence-electron chi connectivity index (χ0n) is 22.9. The maximum absolute atomic E-state index is 12.9. The second-order valence-electron chi connectivity index (χ2n) is 11.2. The Bertz CT molecular complexity index is 1050. The van der Waals surface area contributed by atoms with Gasteiger partial charge in [0, 0.05) is 0 Å². The first-order chi connectivity index (χ1) is 17.1. The van der Waals surface area contributed by atoms with Gasteiger partial charge in [-0.05, 0) is 52.6 Å². The van der Waals surface area contributed by atoms with Crippen molar-refractivity contribution in [3.05, 3.63) is 66.8 Å². The molecule has 0 saturated carbocycles. The van der Waals surface area contributed by atoms with Gasteiger partial charge in [-0.3, -0.25) is 0 Å². The Balaban J connectivity index is 0.000000391. The molecule has 0 radical (unpaired) electrons. The highest BCUT2D eigenvalue weighted by atomic mass is 127. The highest BCUT2D eigenvalue weighted by molar-refractivity contribution is 7.86. The van der Waals surface area contributed by atoms with E-state index >= 15 is 0 Å². The van der Waals surface area contributed by atoms with Crippen LogP contribution in [0, 0.1) is 7.14 Å². The molecule has 0 spiro atoms. The first-order valence-electron chi connectivity index (χ1n) is 12.4. The van der Waals surface area contributed by atoms with E-state index in [4.69, 9.17) is 0 Å². The van der Waals surface area contributed by atoms with Crippen molar-refractivity contribution in [2.24, 2.45) is 0 Å². The number of halogens is 6. The van der Waals surface area contributed by atoms with Gasteiger partial charge in [0.2, 0.25) is 0 Å². The van der Waals surface area contributed by atoms with Gasteiger partial charge in [0.15, 0.2) is 23.4 Å². The smallest absolute Gasteiger partial charge is 0.399 e. The summed E-state index contributed by atoms with van der Waals surface area (Å²) in [6.07, 6.45) is -3.50. The molecule has 0 N–H and O–H groups in total. The lowest BCUT2D eigenvalue weighted by Crippen LogP contribution is -3.61. The van der Waals surface area contributed by atoms with Crippen LogP contribution in [0.1, 0.15) is 85.3 Å². The molecule has 38 heavy (non-hydrogen) atoms. The molecule has 0 fully saturated rings. The van der Waals surface area contributed by atoms with Crippen LogP contribution in [0.15, 0.2) is 48.5 Å². The van der Waals surface area contributed by atoms with Crippen molar-refractivity contribution in [1.82, 2.24) is 0 Å². The SMILES string of the molecule is CC(C)(C)c1ccc([I+]c2ccc(C(C)(C)C)cc2)cc1.CCCCCC(F)C(F)(F)C(F)(F)S(=O)(=O)[O-]. The minimum Gasteiger partial charge on any atom is -0.743 e. The zero-order chi connectivity index (χ0) is 29.6. The topological polar surface area (TPSA) is 57.2 Å². The molecular weight excluding hydrogens is 638 g/mol. The Kier molecular flexibility index (Phi) is 12.2. The van der Waals surface area contributed by atoms with Crippen molar-refractivity contribution in [3.8, 4) is 0 Å². The van der Waals surface area contributed by atoms with E-state index in [1.165, 1.54) is 18.3 Å². The molecule has 0 amide bonds. The number of benzene rings is 2. The lowest BCUT2D eigenvalue weighted by Gasteiger charge is -2.30. The maximum atomic E-state index is 12.9. The van der Waals surface area contributed by atoms with Crippen molar-refractivity contribution in [2.75, 3.05) is 0 Å². The second-order valence-corrected chi connectivity index (χ2v) is 15.6. The molecule has 2 aromatic carbocycles. The van der Waals surface area contributed by atoms with E-state index in [1.807, 2.05) is 0 Å². The quantitative estimate of drug-likeness (QED) is 0.161. The highest BCUT2D eigenvalue weighted by Crippen LogP contribution is 2.43. The van der Waals surface area contributed by atoms with Gasteiger partial charge in [-0.2, -0.15) is 17.6 Å². The van der Waals surface area contributed by atoms with Crippen molar-refractivity contribution < 1.29 is 56.1 Å². The summed E-state index contributed by atoms with van der Waals surface area (Å²) in [6.45, 7) is 15.3. The molecule has 216 valence electrons. The molecule has 1 unspecified atom stereocenters. The second kappa shape index (κ2) is 13.4. The van der Waals surface area contributed by atoms with Crippen LogP contribution in [0.25, 0.3) is 0 Å². The molecule has 0 aliphatic heterocycles. The summed E-state index contributed by atoms with van der Waals surface area (Å²) in [7, 11) is -6.61. The highest BCUT2D eigenvalue weighted by Gasteiger charge is 2.66. The van der Waals surface area contributed by atoms with Crippen molar-refractivity contribution in [1.29, 1.82) is 0 Å². The normalized spacial score (nSPS) is 14.0.